The summed E-state index contributed by atoms with van der Waals surface area (Å²) in [5, 5.41) is 10.5. The number of rotatable bonds is 6. The maximum Gasteiger partial charge on any atom is 0.0900 e. The number of ether oxygens (including phenoxy) is 2. The highest BCUT2D eigenvalue weighted by atomic mass is 16.5. The summed E-state index contributed by atoms with van der Waals surface area (Å²) < 4.78 is 11.8. The fourth-order valence-electron chi connectivity index (χ4n) is 4.23. The first-order valence-electron chi connectivity index (χ1n) is 9.51. The molecule has 0 spiro atoms. The first-order valence-corrected chi connectivity index (χ1v) is 9.51. The minimum Gasteiger partial charge on any atom is -0.389 e. The monoisotopic (exact) mass is 327 g/mol. The van der Waals surface area contributed by atoms with Gasteiger partial charge in [0.2, 0.25) is 0 Å². The molecular formula is C19H37NO3. The molecule has 0 unspecified atom stereocenters. The summed E-state index contributed by atoms with van der Waals surface area (Å²) in [6.07, 6.45) is 3.61. The van der Waals surface area contributed by atoms with Crippen LogP contribution in [0.1, 0.15) is 53.9 Å². The smallest absolute Gasteiger partial charge is 0.0900 e. The highest BCUT2D eigenvalue weighted by molar-refractivity contribution is 4.83. The van der Waals surface area contributed by atoms with Crippen LogP contribution in [0.25, 0.3) is 0 Å². The van der Waals surface area contributed by atoms with Crippen LogP contribution in [-0.4, -0.2) is 60.7 Å². The first kappa shape index (κ1) is 19.2. The standard InChI is InChI=1S/C19H37NO3/c1-13(2)18-7-6-14(3)8-19(18)23-12-17(21)9-20-15(4)10-22-11-16(20)5/h13-19,21H,6-12H2,1-5H3/t14-,15-,16+,17-,18+,19-/m1/s1. The molecule has 0 aromatic heterocycles. The molecule has 1 N–H and O–H groups in total. The second-order valence-corrected chi connectivity index (χ2v) is 8.28. The van der Waals surface area contributed by atoms with Gasteiger partial charge in [-0.25, -0.2) is 0 Å². The van der Waals surface area contributed by atoms with Gasteiger partial charge in [0.1, 0.15) is 0 Å². The van der Waals surface area contributed by atoms with Gasteiger partial charge in [0.25, 0.3) is 0 Å². The second kappa shape index (κ2) is 8.80. The average Bonchev–Trinajstić information content (AvgIpc) is 2.49. The van der Waals surface area contributed by atoms with Crippen molar-refractivity contribution in [3.05, 3.63) is 0 Å². The summed E-state index contributed by atoms with van der Waals surface area (Å²) >= 11 is 0. The van der Waals surface area contributed by atoms with Gasteiger partial charge < -0.3 is 14.6 Å². The van der Waals surface area contributed by atoms with Crippen molar-refractivity contribution in [3.63, 3.8) is 0 Å². The van der Waals surface area contributed by atoms with Crippen LogP contribution in [0, 0.1) is 17.8 Å². The molecule has 23 heavy (non-hydrogen) atoms. The molecular weight excluding hydrogens is 290 g/mol. The molecule has 0 aromatic rings. The lowest BCUT2D eigenvalue weighted by Gasteiger charge is -2.40. The number of hydrogen-bond acceptors (Lipinski definition) is 4. The van der Waals surface area contributed by atoms with Crippen LogP contribution in [0.3, 0.4) is 0 Å². The van der Waals surface area contributed by atoms with Crippen molar-refractivity contribution >= 4 is 0 Å². The fourth-order valence-corrected chi connectivity index (χ4v) is 4.23. The molecule has 1 saturated carbocycles. The lowest BCUT2D eigenvalue weighted by atomic mass is 9.75. The average molecular weight is 328 g/mol. The zero-order valence-electron chi connectivity index (χ0n) is 15.7. The molecule has 2 fully saturated rings. The normalized spacial score (nSPS) is 38.0. The molecule has 6 atom stereocenters. The SMILES string of the molecule is CC(C)[C@@H]1CC[C@@H](C)C[C@H]1OC[C@H](O)CN1[C@H](C)COC[C@@H]1C. The van der Waals surface area contributed by atoms with E-state index in [9.17, 15) is 5.11 Å². The Morgan fingerprint density at radius 1 is 1.13 bits per heavy atom. The third-order valence-electron chi connectivity index (χ3n) is 5.74. The molecule has 0 bridgehead atoms. The summed E-state index contributed by atoms with van der Waals surface area (Å²) in [7, 11) is 0. The van der Waals surface area contributed by atoms with Gasteiger partial charge >= 0.3 is 0 Å². The molecule has 4 heteroatoms. The molecule has 1 aliphatic heterocycles. The van der Waals surface area contributed by atoms with E-state index in [1.165, 1.54) is 12.8 Å². The van der Waals surface area contributed by atoms with Crippen molar-refractivity contribution in [2.24, 2.45) is 17.8 Å². The molecule has 1 saturated heterocycles. The van der Waals surface area contributed by atoms with E-state index in [1.54, 1.807) is 0 Å². The maximum atomic E-state index is 10.5. The van der Waals surface area contributed by atoms with E-state index < -0.39 is 6.10 Å². The summed E-state index contributed by atoms with van der Waals surface area (Å²) in [5.74, 6) is 2.04. The number of nitrogens with zero attached hydrogens (tertiary/aromatic N) is 1. The van der Waals surface area contributed by atoms with Gasteiger partial charge in [-0.05, 0) is 44.4 Å². The number of hydrogen-bond donors (Lipinski definition) is 1. The van der Waals surface area contributed by atoms with Crippen LogP contribution in [0.5, 0.6) is 0 Å². The van der Waals surface area contributed by atoms with E-state index in [-0.39, 0.29) is 0 Å². The Bertz CT molecular complexity index is 340. The van der Waals surface area contributed by atoms with Crippen LogP contribution in [-0.2, 0) is 9.47 Å². The predicted octanol–water partition coefficient (Wildman–Crippen LogP) is 2.93. The molecule has 1 heterocycles. The Balaban J connectivity index is 1.81. The van der Waals surface area contributed by atoms with Gasteiger partial charge in [0, 0.05) is 18.6 Å². The summed E-state index contributed by atoms with van der Waals surface area (Å²) in [4.78, 5) is 2.35. The number of β-amino-alcohol motifs (C(OH)–C–C–N with tert-alkyl or cyclic N) is 1. The Kier molecular flexibility index (Phi) is 7.33. The topological polar surface area (TPSA) is 41.9 Å². The van der Waals surface area contributed by atoms with E-state index >= 15 is 0 Å². The summed E-state index contributed by atoms with van der Waals surface area (Å²) in [6, 6.07) is 0.734. The van der Waals surface area contributed by atoms with Crippen molar-refractivity contribution < 1.29 is 14.6 Å². The highest BCUT2D eigenvalue weighted by Crippen LogP contribution is 2.35. The number of aliphatic hydroxyl groups is 1. The first-order chi connectivity index (χ1) is 10.9. The van der Waals surface area contributed by atoms with E-state index in [0.29, 0.717) is 43.2 Å². The van der Waals surface area contributed by atoms with Gasteiger partial charge in [-0.1, -0.05) is 27.2 Å². The van der Waals surface area contributed by atoms with Crippen molar-refractivity contribution in [2.45, 2.75) is 78.2 Å². The van der Waals surface area contributed by atoms with E-state index in [4.69, 9.17) is 9.47 Å². The van der Waals surface area contributed by atoms with Crippen LogP contribution >= 0.6 is 0 Å². The van der Waals surface area contributed by atoms with Crippen LogP contribution in [0.15, 0.2) is 0 Å². The van der Waals surface area contributed by atoms with Crippen molar-refractivity contribution in [2.75, 3.05) is 26.4 Å². The van der Waals surface area contributed by atoms with Gasteiger partial charge in [-0.2, -0.15) is 0 Å². The molecule has 4 nitrogen and oxygen atoms in total. The highest BCUT2D eigenvalue weighted by Gasteiger charge is 2.32. The third kappa shape index (κ3) is 5.42. The summed E-state index contributed by atoms with van der Waals surface area (Å²) in [6.45, 7) is 13.9. The van der Waals surface area contributed by atoms with Crippen molar-refractivity contribution in [1.82, 2.24) is 4.90 Å². The largest absolute Gasteiger partial charge is 0.389 e. The van der Waals surface area contributed by atoms with E-state index in [2.05, 4.69) is 39.5 Å². The Morgan fingerprint density at radius 2 is 1.78 bits per heavy atom. The van der Waals surface area contributed by atoms with Crippen LogP contribution in [0.2, 0.25) is 0 Å². The molecule has 2 rings (SSSR count). The summed E-state index contributed by atoms with van der Waals surface area (Å²) in [5.41, 5.74) is 0. The Labute approximate surface area is 142 Å². The Hall–Kier alpha value is -0.160. The minimum absolute atomic E-state index is 0.313. The van der Waals surface area contributed by atoms with Crippen LogP contribution in [0.4, 0.5) is 0 Å². The molecule has 136 valence electrons. The minimum atomic E-state index is -0.414. The van der Waals surface area contributed by atoms with Crippen LogP contribution < -0.4 is 0 Å². The molecule has 0 aromatic carbocycles. The Morgan fingerprint density at radius 3 is 2.39 bits per heavy atom. The van der Waals surface area contributed by atoms with Gasteiger partial charge in [0.05, 0.1) is 32.0 Å². The quantitative estimate of drug-likeness (QED) is 0.814. The van der Waals surface area contributed by atoms with Crippen molar-refractivity contribution in [1.29, 1.82) is 0 Å². The van der Waals surface area contributed by atoms with E-state index in [1.807, 2.05) is 0 Å². The zero-order chi connectivity index (χ0) is 17.0. The lowest BCUT2D eigenvalue weighted by Crippen LogP contribution is -2.52. The third-order valence-corrected chi connectivity index (χ3v) is 5.74. The van der Waals surface area contributed by atoms with Gasteiger partial charge in [-0.3, -0.25) is 4.90 Å². The fraction of sp³-hybridized carbons (Fsp3) is 1.00. The molecule has 0 amide bonds. The number of aliphatic hydroxyl groups excluding tert-OH is 1. The maximum absolute atomic E-state index is 10.5. The number of morpholine rings is 1. The zero-order valence-corrected chi connectivity index (χ0v) is 15.7. The predicted molar refractivity (Wildman–Crippen MR) is 93.5 cm³/mol. The van der Waals surface area contributed by atoms with Gasteiger partial charge in [-0.15, -0.1) is 0 Å². The molecule has 1 aliphatic carbocycles. The molecule has 2 aliphatic rings. The van der Waals surface area contributed by atoms with Gasteiger partial charge in [0.15, 0.2) is 0 Å². The second-order valence-electron chi connectivity index (χ2n) is 8.28. The molecule has 0 radical (unpaired) electrons. The van der Waals surface area contributed by atoms with Crippen molar-refractivity contribution in [3.8, 4) is 0 Å². The van der Waals surface area contributed by atoms with E-state index in [0.717, 1.165) is 25.6 Å². The lowest BCUT2D eigenvalue weighted by molar-refractivity contribution is -0.0929.